The van der Waals surface area contributed by atoms with Gasteiger partial charge >= 0.3 is 12.1 Å². The minimum atomic E-state index is -4.40. The Morgan fingerprint density at radius 1 is 1.19 bits per heavy atom. The molecule has 0 atom stereocenters. The second-order valence-corrected chi connectivity index (χ2v) is 3.96. The number of nitrogens with zero attached hydrogens (tertiary/aromatic N) is 3. The minimum absolute atomic E-state index is 0.0625. The third-order valence-corrected chi connectivity index (χ3v) is 2.52. The zero-order valence-corrected chi connectivity index (χ0v) is 10.9. The average molecular weight is 297 g/mol. The summed E-state index contributed by atoms with van der Waals surface area (Å²) >= 11 is 0. The standard InChI is InChI=1S/C13H10F3N3O2/c1-2-21-12(20)10-7-17-11(19-18-10)8-3-5-9(6-4-8)13(14,15)16/h3-7H,2H2,1H3. The lowest BCUT2D eigenvalue weighted by molar-refractivity contribution is -0.137. The molecule has 0 spiro atoms. The second kappa shape index (κ2) is 5.86. The lowest BCUT2D eigenvalue weighted by Gasteiger charge is -2.07. The molecule has 0 amide bonds. The maximum atomic E-state index is 12.4. The summed E-state index contributed by atoms with van der Waals surface area (Å²) in [5.74, 6) is -0.534. The van der Waals surface area contributed by atoms with Crippen LogP contribution in [0.4, 0.5) is 13.2 Å². The first-order valence-electron chi connectivity index (χ1n) is 5.96. The molecule has 5 nitrogen and oxygen atoms in total. The first kappa shape index (κ1) is 14.9. The van der Waals surface area contributed by atoms with Gasteiger partial charge in [-0.1, -0.05) is 12.1 Å². The van der Waals surface area contributed by atoms with E-state index in [1.165, 1.54) is 12.1 Å². The highest BCUT2D eigenvalue weighted by Crippen LogP contribution is 2.30. The van der Waals surface area contributed by atoms with Gasteiger partial charge in [-0.3, -0.25) is 0 Å². The minimum Gasteiger partial charge on any atom is -0.461 e. The molecule has 2 aromatic rings. The van der Waals surface area contributed by atoms with Crippen molar-refractivity contribution in [3.63, 3.8) is 0 Å². The summed E-state index contributed by atoms with van der Waals surface area (Å²) in [4.78, 5) is 15.2. The summed E-state index contributed by atoms with van der Waals surface area (Å²) < 4.78 is 42.0. The highest BCUT2D eigenvalue weighted by atomic mass is 19.4. The van der Waals surface area contributed by atoms with Crippen LogP contribution in [-0.2, 0) is 10.9 Å². The maximum absolute atomic E-state index is 12.4. The number of benzene rings is 1. The van der Waals surface area contributed by atoms with Crippen LogP contribution in [0.2, 0.25) is 0 Å². The molecule has 110 valence electrons. The Morgan fingerprint density at radius 3 is 2.33 bits per heavy atom. The predicted octanol–water partition coefficient (Wildman–Crippen LogP) is 2.73. The summed E-state index contributed by atoms with van der Waals surface area (Å²) in [5.41, 5.74) is -0.458. The molecule has 21 heavy (non-hydrogen) atoms. The van der Waals surface area contributed by atoms with E-state index in [-0.39, 0.29) is 18.1 Å². The molecular formula is C13H10F3N3O2. The first-order chi connectivity index (χ1) is 9.91. The van der Waals surface area contributed by atoms with Gasteiger partial charge in [0.15, 0.2) is 11.5 Å². The van der Waals surface area contributed by atoms with Crippen molar-refractivity contribution in [3.05, 3.63) is 41.7 Å². The molecule has 0 bridgehead atoms. The smallest absolute Gasteiger partial charge is 0.416 e. The van der Waals surface area contributed by atoms with Crippen LogP contribution in [0.1, 0.15) is 23.0 Å². The van der Waals surface area contributed by atoms with Crippen molar-refractivity contribution in [2.24, 2.45) is 0 Å². The SMILES string of the molecule is CCOC(=O)c1cnc(-c2ccc(C(F)(F)F)cc2)nn1. The third kappa shape index (κ3) is 3.53. The van der Waals surface area contributed by atoms with Crippen LogP contribution in [0.25, 0.3) is 11.4 Å². The van der Waals surface area contributed by atoms with E-state index in [1.54, 1.807) is 6.92 Å². The number of halogens is 3. The number of hydrogen-bond donors (Lipinski definition) is 0. The fourth-order valence-corrected chi connectivity index (χ4v) is 1.51. The van der Waals surface area contributed by atoms with Gasteiger partial charge in [0, 0.05) is 5.56 Å². The molecule has 0 N–H and O–H groups in total. The number of rotatable bonds is 3. The number of carbonyl (C=O) groups excluding carboxylic acids is 1. The van der Waals surface area contributed by atoms with Gasteiger partial charge in [0.05, 0.1) is 18.4 Å². The van der Waals surface area contributed by atoms with Crippen LogP contribution in [0, 0.1) is 0 Å². The summed E-state index contributed by atoms with van der Waals surface area (Å²) in [6.45, 7) is 1.84. The lowest BCUT2D eigenvalue weighted by atomic mass is 10.1. The van der Waals surface area contributed by atoms with E-state index in [1.807, 2.05) is 0 Å². The Hall–Kier alpha value is -2.51. The molecule has 0 saturated heterocycles. The molecule has 1 heterocycles. The highest BCUT2D eigenvalue weighted by molar-refractivity contribution is 5.86. The van der Waals surface area contributed by atoms with Crippen molar-refractivity contribution < 1.29 is 22.7 Å². The Kier molecular flexibility index (Phi) is 4.15. The molecule has 0 unspecified atom stereocenters. The van der Waals surface area contributed by atoms with Gasteiger partial charge < -0.3 is 4.74 Å². The van der Waals surface area contributed by atoms with Crippen LogP contribution >= 0.6 is 0 Å². The Bertz CT molecular complexity index is 625. The molecule has 0 aliphatic heterocycles. The number of aromatic nitrogens is 3. The van der Waals surface area contributed by atoms with Crippen molar-refractivity contribution in [1.82, 2.24) is 15.2 Å². The van der Waals surface area contributed by atoms with Crippen LogP contribution in [0.5, 0.6) is 0 Å². The summed E-state index contributed by atoms with van der Waals surface area (Å²) in [6, 6.07) is 4.34. The zero-order valence-electron chi connectivity index (χ0n) is 10.9. The third-order valence-electron chi connectivity index (χ3n) is 2.52. The molecule has 0 radical (unpaired) electrons. The van der Waals surface area contributed by atoms with Crippen molar-refractivity contribution in [2.45, 2.75) is 13.1 Å². The molecule has 0 aliphatic rings. The van der Waals surface area contributed by atoms with E-state index in [2.05, 4.69) is 15.2 Å². The normalized spacial score (nSPS) is 11.2. The number of carbonyl (C=O) groups is 1. The Labute approximate surface area is 117 Å². The van der Waals surface area contributed by atoms with Gasteiger partial charge in [-0.05, 0) is 19.1 Å². The van der Waals surface area contributed by atoms with Gasteiger partial charge in [-0.25, -0.2) is 9.78 Å². The molecule has 0 fully saturated rings. The van der Waals surface area contributed by atoms with E-state index < -0.39 is 17.7 Å². The van der Waals surface area contributed by atoms with Crippen molar-refractivity contribution in [2.75, 3.05) is 6.61 Å². The molecule has 2 rings (SSSR count). The van der Waals surface area contributed by atoms with Crippen molar-refractivity contribution in [3.8, 4) is 11.4 Å². The number of hydrogen-bond acceptors (Lipinski definition) is 5. The van der Waals surface area contributed by atoms with E-state index >= 15 is 0 Å². The van der Waals surface area contributed by atoms with Crippen molar-refractivity contribution in [1.29, 1.82) is 0 Å². The van der Waals surface area contributed by atoms with Crippen molar-refractivity contribution >= 4 is 5.97 Å². The molecule has 1 aromatic heterocycles. The number of ether oxygens (including phenoxy) is 1. The van der Waals surface area contributed by atoms with Crippen LogP contribution in [-0.4, -0.2) is 27.8 Å². The molecule has 0 saturated carbocycles. The summed E-state index contributed by atoms with van der Waals surface area (Å²) in [7, 11) is 0. The van der Waals surface area contributed by atoms with Gasteiger partial charge in [-0.15, -0.1) is 10.2 Å². The van der Waals surface area contributed by atoms with Gasteiger partial charge in [0.2, 0.25) is 0 Å². The first-order valence-corrected chi connectivity index (χ1v) is 5.96. The van der Waals surface area contributed by atoms with E-state index in [0.29, 0.717) is 5.56 Å². The lowest BCUT2D eigenvalue weighted by Crippen LogP contribution is -2.09. The second-order valence-electron chi connectivity index (χ2n) is 3.96. The van der Waals surface area contributed by atoms with E-state index in [4.69, 9.17) is 4.74 Å². The Balaban J connectivity index is 2.21. The number of esters is 1. The fourth-order valence-electron chi connectivity index (χ4n) is 1.51. The topological polar surface area (TPSA) is 65.0 Å². The summed E-state index contributed by atoms with van der Waals surface area (Å²) in [6.07, 6.45) is -3.23. The quantitative estimate of drug-likeness (QED) is 0.815. The Morgan fingerprint density at radius 2 is 1.86 bits per heavy atom. The number of alkyl halides is 3. The van der Waals surface area contributed by atoms with Gasteiger partial charge in [0.1, 0.15) is 0 Å². The average Bonchev–Trinajstić information content (AvgIpc) is 2.47. The van der Waals surface area contributed by atoms with Crippen LogP contribution < -0.4 is 0 Å². The molecule has 1 aromatic carbocycles. The van der Waals surface area contributed by atoms with Gasteiger partial charge in [-0.2, -0.15) is 13.2 Å². The predicted molar refractivity (Wildman–Crippen MR) is 66.2 cm³/mol. The monoisotopic (exact) mass is 297 g/mol. The largest absolute Gasteiger partial charge is 0.461 e. The molecule has 8 heteroatoms. The zero-order chi connectivity index (χ0) is 15.5. The maximum Gasteiger partial charge on any atom is 0.416 e. The van der Waals surface area contributed by atoms with Crippen LogP contribution in [0.3, 0.4) is 0 Å². The summed E-state index contributed by atoms with van der Waals surface area (Å²) in [5, 5.41) is 7.34. The van der Waals surface area contributed by atoms with Gasteiger partial charge in [0.25, 0.3) is 0 Å². The molecular weight excluding hydrogens is 287 g/mol. The van der Waals surface area contributed by atoms with E-state index in [9.17, 15) is 18.0 Å². The molecule has 0 aliphatic carbocycles. The fraction of sp³-hybridized carbons (Fsp3) is 0.231. The van der Waals surface area contributed by atoms with E-state index in [0.717, 1.165) is 18.3 Å². The highest BCUT2D eigenvalue weighted by Gasteiger charge is 2.30. The van der Waals surface area contributed by atoms with Crippen LogP contribution in [0.15, 0.2) is 30.5 Å².